The molecule has 0 saturated carbocycles. The highest BCUT2D eigenvalue weighted by Crippen LogP contribution is 2.18. The number of nitrogens with zero attached hydrogens (tertiary/aromatic N) is 6. The van der Waals surface area contributed by atoms with Gasteiger partial charge in [0.05, 0.1) is 23.5 Å². The van der Waals surface area contributed by atoms with Crippen LogP contribution >= 0.6 is 0 Å². The van der Waals surface area contributed by atoms with Crippen molar-refractivity contribution in [3.05, 3.63) is 50.9 Å². The van der Waals surface area contributed by atoms with E-state index in [0.717, 1.165) is 17.1 Å². The zero-order chi connectivity index (χ0) is 19.3. The predicted octanol–water partition coefficient (Wildman–Crippen LogP) is 3.18. The molecule has 0 bridgehead atoms. The monoisotopic (exact) mass is 352 g/mol. The highest BCUT2D eigenvalue weighted by molar-refractivity contribution is 6.53. The number of aryl methyl sites for hydroxylation is 3. The molecule has 0 N–H and O–H groups in total. The zero-order valence-corrected chi connectivity index (χ0v) is 17.5. The molecule has 0 atom stereocenters. The molecule has 0 aliphatic rings. The molecule has 3 aromatic heterocycles. The molecule has 26 heavy (non-hydrogen) atoms. The van der Waals surface area contributed by atoms with Gasteiger partial charge in [-0.2, -0.15) is 15.3 Å². The summed E-state index contributed by atoms with van der Waals surface area (Å²) in [6.07, 6.45) is 0.698. The molecule has 0 saturated heterocycles. The zero-order valence-electron chi connectivity index (χ0n) is 17.5. The quantitative estimate of drug-likeness (QED) is 0.678. The Bertz CT molecular complexity index is 923. The molecule has 0 radical (unpaired) electrons. The summed E-state index contributed by atoms with van der Waals surface area (Å²) in [6.45, 7) is 18.9. The van der Waals surface area contributed by atoms with E-state index in [1.165, 1.54) is 33.8 Å². The van der Waals surface area contributed by atoms with Crippen LogP contribution in [0.25, 0.3) is 0 Å². The topological polar surface area (TPSA) is 53.5 Å². The molecule has 7 heteroatoms. The van der Waals surface area contributed by atoms with Gasteiger partial charge in [-0.15, -0.1) is 0 Å². The fourth-order valence-electron chi connectivity index (χ4n) is 3.45. The molecule has 0 spiro atoms. The Morgan fingerprint density at radius 2 is 0.962 bits per heavy atom. The van der Waals surface area contributed by atoms with Gasteiger partial charge in [0.1, 0.15) is 0 Å². The molecule has 138 valence electrons. The lowest BCUT2D eigenvalue weighted by Crippen LogP contribution is -2.42. The summed E-state index contributed by atoms with van der Waals surface area (Å²) in [7, 11) is 0. The molecule has 6 nitrogen and oxygen atoms in total. The summed E-state index contributed by atoms with van der Waals surface area (Å²) >= 11 is 0. The van der Waals surface area contributed by atoms with Crippen molar-refractivity contribution < 1.29 is 0 Å². The lowest BCUT2D eigenvalue weighted by Gasteiger charge is -2.18. The summed E-state index contributed by atoms with van der Waals surface area (Å²) in [5.41, 5.74) is 10.5. The molecular weight excluding hydrogens is 323 g/mol. The van der Waals surface area contributed by atoms with Crippen molar-refractivity contribution in [3.63, 3.8) is 0 Å². The first kappa shape index (κ1) is 18.5. The molecular formula is C19H29BN6. The average molecular weight is 352 g/mol. The Morgan fingerprint density at radius 1 is 0.577 bits per heavy atom. The van der Waals surface area contributed by atoms with E-state index >= 15 is 0 Å². The Kier molecular flexibility index (Phi) is 4.59. The largest absolute Gasteiger partial charge is 0.441 e. The highest BCUT2D eigenvalue weighted by Gasteiger charge is 2.30. The van der Waals surface area contributed by atoms with Gasteiger partial charge >= 0.3 is 6.98 Å². The first-order valence-corrected chi connectivity index (χ1v) is 9.18. The maximum atomic E-state index is 4.84. The van der Waals surface area contributed by atoms with Gasteiger partial charge in [-0.3, -0.25) is 13.9 Å². The lowest BCUT2D eigenvalue weighted by molar-refractivity contribution is 0.659. The fraction of sp³-hybridized carbons (Fsp3) is 0.526. The van der Waals surface area contributed by atoms with Gasteiger partial charge in [0.2, 0.25) is 0 Å². The van der Waals surface area contributed by atoms with Gasteiger partial charge in [0.15, 0.2) is 0 Å². The van der Waals surface area contributed by atoms with E-state index in [1.807, 2.05) is 0 Å². The number of hydrogen-bond acceptors (Lipinski definition) is 3. The normalized spacial score (nSPS) is 11.4. The third-order valence-electron chi connectivity index (χ3n) is 6.02. The van der Waals surface area contributed by atoms with Crippen LogP contribution in [0.5, 0.6) is 0 Å². The van der Waals surface area contributed by atoms with Crippen molar-refractivity contribution >= 4 is 6.98 Å². The highest BCUT2D eigenvalue weighted by atomic mass is 15.4. The summed E-state index contributed by atoms with van der Waals surface area (Å²) < 4.78 is 6.30. The minimum atomic E-state index is -0.0489. The van der Waals surface area contributed by atoms with Crippen LogP contribution in [0.15, 0.2) is 0 Å². The third-order valence-corrected chi connectivity index (χ3v) is 6.02. The SMILES string of the molecule is Cc1nn(CB(n2nc(C)c(C)c2C)n2nc(C)c(C)c2C)c(C)c1C. The van der Waals surface area contributed by atoms with Crippen molar-refractivity contribution in [2.75, 3.05) is 0 Å². The Morgan fingerprint density at radius 3 is 1.27 bits per heavy atom. The van der Waals surface area contributed by atoms with Gasteiger partial charge in [0.25, 0.3) is 0 Å². The molecule has 3 heterocycles. The second kappa shape index (κ2) is 6.45. The van der Waals surface area contributed by atoms with Crippen molar-refractivity contribution in [2.24, 2.45) is 0 Å². The molecule has 3 rings (SSSR count). The van der Waals surface area contributed by atoms with Gasteiger partial charge in [-0.05, 0) is 79.0 Å². The molecule has 0 aliphatic carbocycles. The van der Waals surface area contributed by atoms with Crippen LogP contribution in [-0.4, -0.2) is 36.1 Å². The van der Waals surface area contributed by atoms with Crippen LogP contribution in [0, 0.1) is 62.3 Å². The molecule has 0 unspecified atom stereocenters. The third kappa shape index (κ3) is 2.79. The van der Waals surface area contributed by atoms with E-state index in [-0.39, 0.29) is 6.98 Å². The van der Waals surface area contributed by atoms with Crippen LogP contribution in [0.4, 0.5) is 0 Å². The van der Waals surface area contributed by atoms with Crippen LogP contribution in [0.3, 0.4) is 0 Å². The van der Waals surface area contributed by atoms with Crippen molar-refractivity contribution in [1.29, 1.82) is 0 Å². The summed E-state index contributed by atoms with van der Waals surface area (Å²) in [6, 6.07) is 0. The molecule has 0 fully saturated rings. The van der Waals surface area contributed by atoms with Gasteiger partial charge in [-0.25, -0.2) is 0 Å². The Hall–Kier alpha value is -2.31. The average Bonchev–Trinajstić information content (AvgIpc) is 3.11. The van der Waals surface area contributed by atoms with Crippen LogP contribution < -0.4 is 0 Å². The first-order chi connectivity index (χ1) is 12.1. The van der Waals surface area contributed by atoms with Crippen LogP contribution in [0.2, 0.25) is 0 Å². The van der Waals surface area contributed by atoms with Crippen molar-refractivity contribution in [1.82, 2.24) is 29.2 Å². The fourth-order valence-corrected chi connectivity index (χ4v) is 3.45. The second-order valence-electron chi connectivity index (χ2n) is 7.44. The van der Waals surface area contributed by atoms with Crippen molar-refractivity contribution in [3.8, 4) is 0 Å². The van der Waals surface area contributed by atoms with Gasteiger partial charge in [-0.1, -0.05) is 0 Å². The summed E-state index contributed by atoms with van der Waals surface area (Å²) in [5.74, 6) is 0. The smallest absolute Gasteiger partial charge is 0.285 e. The standard InChI is InChI=1S/C19H29BN6/c1-11-14(4)21-24(17(11)7)10-20(25-18(8)12(2)15(5)22-25)26-19(9)13(3)16(6)23-26/h10H2,1-9H3. The van der Waals surface area contributed by atoms with Gasteiger partial charge < -0.3 is 0 Å². The number of hydrogen-bond donors (Lipinski definition) is 0. The second-order valence-corrected chi connectivity index (χ2v) is 7.44. The van der Waals surface area contributed by atoms with Crippen LogP contribution in [0.1, 0.15) is 50.9 Å². The number of rotatable bonds is 4. The predicted molar refractivity (Wildman–Crippen MR) is 106 cm³/mol. The van der Waals surface area contributed by atoms with Gasteiger partial charge in [0, 0.05) is 17.1 Å². The molecule has 0 amide bonds. The maximum Gasteiger partial charge on any atom is 0.441 e. The minimum absolute atomic E-state index is 0.0489. The van der Waals surface area contributed by atoms with E-state index in [0.29, 0.717) is 6.44 Å². The molecule has 0 aromatic carbocycles. The maximum absolute atomic E-state index is 4.84. The van der Waals surface area contributed by atoms with E-state index in [4.69, 9.17) is 15.3 Å². The van der Waals surface area contributed by atoms with E-state index in [1.54, 1.807) is 0 Å². The lowest BCUT2D eigenvalue weighted by atomic mass is 9.76. The van der Waals surface area contributed by atoms with Crippen molar-refractivity contribution in [2.45, 2.75) is 68.8 Å². The van der Waals surface area contributed by atoms with E-state index < -0.39 is 0 Å². The summed E-state index contributed by atoms with van der Waals surface area (Å²) in [5, 5.41) is 14.4. The Balaban J connectivity index is 2.17. The Labute approximate surface area is 156 Å². The first-order valence-electron chi connectivity index (χ1n) is 9.18. The van der Waals surface area contributed by atoms with E-state index in [9.17, 15) is 0 Å². The molecule has 0 aliphatic heterocycles. The number of aromatic nitrogens is 6. The molecule has 3 aromatic rings. The summed E-state index contributed by atoms with van der Waals surface area (Å²) in [4.78, 5) is 0. The van der Waals surface area contributed by atoms with E-state index in [2.05, 4.69) is 76.2 Å². The minimum Gasteiger partial charge on any atom is -0.285 e. The van der Waals surface area contributed by atoms with Crippen LogP contribution in [-0.2, 0) is 6.44 Å².